The summed E-state index contributed by atoms with van der Waals surface area (Å²) in [7, 11) is -2.45. The lowest BCUT2D eigenvalue weighted by molar-refractivity contribution is -0.387. The molecule has 1 aromatic rings. The number of sulfonamides is 1. The van der Waals surface area contributed by atoms with Crippen molar-refractivity contribution in [2.24, 2.45) is 0 Å². The number of nitro benzene ring substituents is 1. The lowest BCUT2D eigenvalue weighted by atomic mass is 10.3. The van der Waals surface area contributed by atoms with Crippen molar-refractivity contribution in [1.29, 1.82) is 0 Å². The highest BCUT2D eigenvalue weighted by Crippen LogP contribution is 2.34. The number of nitrogens with one attached hydrogen (secondary N) is 2. The topological polar surface area (TPSA) is 101 Å². The van der Waals surface area contributed by atoms with E-state index in [1.54, 1.807) is 14.0 Å². The van der Waals surface area contributed by atoms with Gasteiger partial charge in [-0.1, -0.05) is 23.2 Å². The predicted molar refractivity (Wildman–Crippen MR) is 76.8 cm³/mol. The average Bonchev–Trinajstić information content (AvgIpc) is 2.34. The number of hydrogen-bond donors (Lipinski definition) is 2. The monoisotopic (exact) mass is 341 g/mol. The molecule has 0 aliphatic carbocycles. The van der Waals surface area contributed by atoms with Crippen LogP contribution in [0, 0.1) is 10.1 Å². The highest BCUT2D eigenvalue weighted by Gasteiger charge is 2.29. The molecule has 0 saturated heterocycles. The minimum Gasteiger partial charge on any atom is -0.316 e. The number of nitro groups is 1. The summed E-state index contributed by atoms with van der Waals surface area (Å²) < 4.78 is 26.5. The van der Waals surface area contributed by atoms with Crippen molar-refractivity contribution < 1.29 is 13.3 Å². The van der Waals surface area contributed by atoms with Crippen LogP contribution in [0.3, 0.4) is 0 Å². The van der Waals surface area contributed by atoms with Gasteiger partial charge in [-0.05, 0) is 20.0 Å². The Balaban J connectivity index is 3.27. The molecule has 0 fully saturated rings. The summed E-state index contributed by atoms with van der Waals surface area (Å²) in [5.41, 5.74) is -0.660. The Morgan fingerprint density at radius 2 is 2.00 bits per heavy atom. The Kier molecular flexibility index (Phi) is 5.72. The first-order chi connectivity index (χ1) is 9.19. The van der Waals surface area contributed by atoms with Gasteiger partial charge in [0, 0.05) is 23.7 Å². The minimum absolute atomic E-state index is 0.00996. The Morgan fingerprint density at radius 1 is 1.40 bits per heavy atom. The quantitative estimate of drug-likeness (QED) is 0.606. The van der Waals surface area contributed by atoms with Gasteiger partial charge < -0.3 is 5.32 Å². The van der Waals surface area contributed by atoms with Gasteiger partial charge in [0.2, 0.25) is 10.0 Å². The van der Waals surface area contributed by atoms with E-state index in [0.29, 0.717) is 0 Å². The van der Waals surface area contributed by atoms with Gasteiger partial charge in [0.05, 0.1) is 9.95 Å². The first-order valence-electron chi connectivity index (χ1n) is 5.49. The van der Waals surface area contributed by atoms with Crippen LogP contribution in [0.25, 0.3) is 0 Å². The van der Waals surface area contributed by atoms with Crippen molar-refractivity contribution in [1.82, 2.24) is 10.0 Å². The predicted octanol–water partition coefficient (Wildman–Crippen LogP) is 1.79. The first kappa shape index (κ1) is 17.1. The van der Waals surface area contributed by atoms with Crippen LogP contribution in [-0.2, 0) is 10.0 Å². The van der Waals surface area contributed by atoms with E-state index in [4.69, 9.17) is 23.2 Å². The summed E-state index contributed by atoms with van der Waals surface area (Å²) in [5.74, 6) is 0. The zero-order chi connectivity index (χ0) is 15.5. The maximum Gasteiger partial charge on any atom is 0.292 e. The first-order valence-corrected chi connectivity index (χ1v) is 7.73. The zero-order valence-electron chi connectivity index (χ0n) is 10.7. The lowest BCUT2D eigenvalue weighted by Gasteiger charge is -2.13. The molecule has 0 heterocycles. The second-order valence-corrected chi connectivity index (χ2v) is 6.58. The van der Waals surface area contributed by atoms with Crippen LogP contribution in [-0.4, -0.2) is 33.0 Å². The molecule has 1 aromatic carbocycles. The van der Waals surface area contributed by atoms with Crippen LogP contribution in [0.5, 0.6) is 0 Å². The smallest absolute Gasteiger partial charge is 0.292 e. The molecule has 7 nitrogen and oxygen atoms in total. The van der Waals surface area contributed by atoms with E-state index in [9.17, 15) is 18.5 Å². The summed E-state index contributed by atoms with van der Waals surface area (Å²) in [5, 5.41) is 13.5. The number of nitrogens with zero attached hydrogens (tertiary/aromatic N) is 1. The van der Waals surface area contributed by atoms with Crippen LogP contribution >= 0.6 is 23.2 Å². The molecule has 0 spiro atoms. The third kappa shape index (κ3) is 4.03. The molecule has 0 saturated carbocycles. The van der Waals surface area contributed by atoms with Gasteiger partial charge in [0.25, 0.3) is 5.69 Å². The van der Waals surface area contributed by atoms with E-state index in [-0.39, 0.29) is 22.6 Å². The maximum absolute atomic E-state index is 12.1. The zero-order valence-corrected chi connectivity index (χ0v) is 13.0. The van der Waals surface area contributed by atoms with Crippen LogP contribution in [0.4, 0.5) is 5.69 Å². The molecule has 1 rings (SSSR count). The molecule has 2 N–H and O–H groups in total. The molecule has 1 unspecified atom stereocenters. The summed E-state index contributed by atoms with van der Waals surface area (Å²) in [6.45, 7) is 1.81. The molecule has 0 aromatic heterocycles. The number of likely N-dealkylation sites (N-methyl/N-ethyl adjacent to an activating group) is 1. The molecule has 112 valence electrons. The van der Waals surface area contributed by atoms with Gasteiger partial charge in [-0.15, -0.1) is 0 Å². The third-order valence-electron chi connectivity index (χ3n) is 2.53. The Bertz CT molecular complexity index is 621. The molecular formula is C10H13Cl2N3O4S. The Hall–Kier alpha value is -0.930. The fraction of sp³-hybridized carbons (Fsp3) is 0.400. The van der Waals surface area contributed by atoms with E-state index in [1.165, 1.54) is 0 Å². The highest BCUT2D eigenvalue weighted by atomic mass is 35.5. The second-order valence-electron chi connectivity index (χ2n) is 4.03. The lowest BCUT2D eigenvalue weighted by Crippen LogP contribution is -2.37. The van der Waals surface area contributed by atoms with Crippen LogP contribution in [0.1, 0.15) is 6.92 Å². The normalized spacial score (nSPS) is 13.2. The van der Waals surface area contributed by atoms with E-state index < -0.39 is 25.5 Å². The van der Waals surface area contributed by atoms with E-state index in [1.807, 2.05) is 0 Å². The molecule has 0 bridgehead atoms. The molecule has 0 aliphatic rings. The molecule has 0 radical (unpaired) electrons. The fourth-order valence-electron chi connectivity index (χ4n) is 1.36. The van der Waals surface area contributed by atoms with E-state index in [0.717, 1.165) is 12.1 Å². The maximum atomic E-state index is 12.1. The van der Waals surface area contributed by atoms with Gasteiger partial charge in [0.15, 0.2) is 4.90 Å². The van der Waals surface area contributed by atoms with Crippen molar-refractivity contribution in [3.63, 3.8) is 0 Å². The largest absolute Gasteiger partial charge is 0.316 e. The van der Waals surface area contributed by atoms with Gasteiger partial charge in [-0.25, -0.2) is 13.1 Å². The Labute approximate surface area is 126 Å². The van der Waals surface area contributed by atoms with Gasteiger partial charge >= 0.3 is 0 Å². The van der Waals surface area contributed by atoms with Crippen LogP contribution < -0.4 is 10.0 Å². The number of benzene rings is 1. The molecule has 0 aliphatic heterocycles. The highest BCUT2D eigenvalue weighted by molar-refractivity contribution is 7.89. The van der Waals surface area contributed by atoms with E-state index >= 15 is 0 Å². The molecule has 1 atom stereocenters. The molecule has 20 heavy (non-hydrogen) atoms. The van der Waals surface area contributed by atoms with Crippen molar-refractivity contribution in [2.75, 3.05) is 13.6 Å². The van der Waals surface area contributed by atoms with Gasteiger partial charge in [-0.2, -0.15) is 0 Å². The number of hydrogen-bond acceptors (Lipinski definition) is 5. The summed E-state index contributed by atoms with van der Waals surface area (Å²) >= 11 is 11.4. The van der Waals surface area contributed by atoms with Crippen LogP contribution in [0.2, 0.25) is 10.0 Å². The molecule has 10 heteroatoms. The van der Waals surface area contributed by atoms with Crippen molar-refractivity contribution >= 4 is 38.9 Å². The standard InChI is InChI=1S/C10H13Cl2N3O4S/c1-6(13-2)5-14-20(18,19)10-8(12)3-7(11)4-9(10)15(16)17/h3-4,6,13-14H,5H2,1-2H3. The average molecular weight is 342 g/mol. The Morgan fingerprint density at radius 3 is 2.50 bits per heavy atom. The summed E-state index contributed by atoms with van der Waals surface area (Å²) in [4.78, 5) is 9.53. The van der Waals surface area contributed by atoms with Crippen molar-refractivity contribution in [3.05, 3.63) is 32.3 Å². The minimum atomic E-state index is -4.11. The third-order valence-corrected chi connectivity index (χ3v) is 4.67. The van der Waals surface area contributed by atoms with Crippen molar-refractivity contribution in [3.8, 4) is 0 Å². The SMILES string of the molecule is CNC(C)CNS(=O)(=O)c1c(Cl)cc(Cl)cc1[N+](=O)[O-]. The van der Waals surface area contributed by atoms with E-state index in [2.05, 4.69) is 10.0 Å². The van der Waals surface area contributed by atoms with Crippen molar-refractivity contribution in [2.45, 2.75) is 17.9 Å². The second kappa shape index (κ2) is 6.68. The molecule has 0 amide bonds. The van der Waals surface area contributed by atoms with Gasteiger partial charge in [0.1, 0.15) is 0 Å². The van der Waals surface area contributed by atoms with Crippen LogP contribution in [0.15, 0.2) is 17.0 Å². The number of rotatable bonds is 6. The molecular weight excluding hydrogens is 329 g/mol. The number of halogens is 2. The van der Waals surface area contributed by atoms with Gasteiger partial charge in [-0.3, -0.25) is 10.1 Å². The summed E-state index contributed by atoms with van der Waals surface area (Å²) in [6.07, 6.45) is 0. The summed E-state index contributed by atoms with van der Waals surface area (Å²) in [6, 6.07) is 1.95. The fourth-order valence-corrected chi connectivity index (χ4v) is 3.48.